The zero-order chi connectivity index (χ0) is 6.69. The predicted molar refractivity (Wildman–Crippen MR) is 30.4 cm³/mol. The molecular weight excluding hydrogens is 120 g/mol. The highest BCUT2D eigenvalue weighted by molar-refractivity contribution is 5.38. The molecule has 2 atom stereocenters. The van der Waals surface area contributed by atoms with Crippen molar-refractivity contribution < 1.29 is 14.6 Å². The van der Waals surface area contributed by atoms with E-state index >= 15 is 0 Å². The Morgan fingerprint density at radius 3 is 2.78 bits per heavy atom. The van der Waals surface area contributed by atoms with Crippen LogP contribution in [-0.4, -0.2) is 23.8 Å². The van der Waals surface area contributed by atoms with E-state index in [2.05, 4.69) is 4.74 Å². The quantitative estimate of drug-likeness (QED) is 0.570. The molecule has 0 aliphatic heterocycles. The number of rotatable bonds is 2. The van der Waals surface area contributed by atoms with Gasteiger partial charge in [0.2, 0.25) is 0 Å². The van der Waals surface area contributed by atoms with Crippen LogP contribution in [0.25, 0.3) is 0 Å². The van der Waals surface area contributed by atoms with E-state index in [1.807, 2.05) is 0 Å². The van der Waals surface area contributed by atoms with Crippen molar-refractivity contribution in [2.45, 2.75) is 31.5 Å². The van der Waals surface area contributed by atoms with Crippen LogP contribution < -0.4 is 0 Å². The molecule has 0 amide bonds. The van der Waals surface area contributed by atoms with Crippen LogP contribution in [0.4, 0.5) is 0 Å². The third-order valence-electron chi connectivity index (χ3n) is 1.57. The van der Waals surface area contributed by atoms with Gasteiger partial charge in [0.05, 0.1) is 6.10 Å². The van der Waals surface area contributed by atoms with Gasteiger partial charge in [-0.15, -0.1) is 0 Å². The van der Waals surface area contributed by atoms with Gasteiger partial charge in [0, 0.05) is 6.42 Å². The lowest BCUT2D eigenvalue weighted by Crippen LogP contribution is -2.08. The summed E-state index contributed by atoms with van der Waals surface area (Å²) in [5, 5.41) is 8.92. The first-order chi connectivity index (χ1) is 4.33. The van der Waals surface area contributed by atoms with Crippen molar-refractivity contribution in [1.29, 1.82) is 0 Å². The minimum atomic E-state index is -0.275. The van der Waals surface area contributed by atoms with Gasteiger partial charge in [-0.05, 0) is 12.8 Å². The molecular formula is C6H9O3. The SMILES string of the molecule is O=[C]OC1CCC(O)C1. The van der Waals surface area contributed by atoms with E-state index in [0.717, 1.165) is 12.8 Å². The highest BCUT2D eigenvalue weighted by Gasteiger charge is 2.23. The van der Waals surface area contributed by atoms with Crippen LogP contribution in [-0.2, 0) is 9.53 Å². The highest BCUT2D eigenvalue weighted by atomic mass is 16.5. The molecule has 1 fully saturated rings. The van der Waals surface area contributed by atoms with Gasteiger partial charge in [-0.25, -0.2) is 4.79 Å². The van der Waals surface area contributed by atoms with Crippen molar-refractivity contribution >= 4 is 6.47 Å². The topological polar surface area (TPSA) is 46.5 Å². The van der Waals surface area contributed by atoms with Crippen molar-refractivity contribution in [3.8, 4) is 0 Å². The van der Waals surface area contributed by atoms with E-state index in [0.29, 0.717) is 6.42 Å². The first-order valence-electron chi connectivity index (χ1n) is 3.04. The number of carbonyl (C=O) groups excluding carboxylic acids is 1. The number of ether oxygens (including phenoxy) is 1. The molecule has 0 heterocycles. The minimum Gasteiger partial charge on any atom is -0.454 e. The molecule has 3 heteroatoms. The summed E-state index contributed by atoms with van der Waals surface area (Å²) in [5.41, 5.74) is 0. The monoisotopic (exact) mass is 129 g/mol. The van der Waals surface area contributed by atoms with E-state index in [9.17, 15) is 4.79 Å². The van der Waals surface area contributed by atoms with E-state index in [4.69, 9.17) is 5.11 Å². The van der Waals surface area contributed by atoms with Crippen LogP contribution >= 0.6 is 0 Å². The maximum atomic E-state index is 9.64. The van der Waals surface area contributed by atoms with Gasteiger partial charge in [-0.1, -0.05) is 0 Å². The molecule has 1 saturated carbocycles. The third-order valence-corrected chi connectivity index (χ3v) is 1.57. The second kappa shape index (κ2) is 2.82. The Bertz CT molecular complexity index is 102. The molecule has 0 aromatic heterocycles. The molecule has 1 aliphatic rings. The predicted octanol–water partition coefficient (Wildman–Crippen LogP) is -0.0164. The minimum absolute atomic E-state index is 0.0856. The van der Waals surface area contributed by atoms with Crippen LogP contribution in [0.2, 0.25) is 0 Å². The fraction of sp³-hybridized carbons (Fsp3) is 0.833. The van der Waals surface area contributed by atoms with Gasteiger partial charge in [-0.2, -0.15) is 0 Å². The summed E-state index contributed by atoms with van der Waals surface area (Å²) in [6, 6.07) is 0. The summed E-state index contributed by atoms with van der Waals surface area (Å²) in [6.45, 7) is 1.37. The first-order valence-corrected chi connectivity index (χ1v) is 3.04. The molecule has 0 aromatic carbocycles. The Labute approximate surface area is 53.6 Å². The largest absolute Gasteiger partial charge is 0.454 e. The summed E-state index contributed by atoms with van der Waals surface area (Å²) in [4.78, 5) is 9.64. The van der Waals surface area contributed by atoms with E-state index in [1.165, 1.54) is 6.47 Å². The first kappa shape index (κ1) is 6.55. The lowest BCUT2D eigenvalue weighted by atomic mass is 10.3. The Morgan fingerprint density at radius 2 is 2.33 bits per heavy atom. The maximum Gasteiger partial charge on any atom is 0.417 e. The smallest absolute Gasteiger partial charge is 0.417 e. The zero-order valence-electron chi connectivity index (χ0n) is 5.04. The second-order valence-electron chi connectivity index (χ2n) is 2.29. The average Bonchev–Trinajstić information content (AvgIpc) is 2.17. The average molecular weight is 129 g/mol. The lowest BCUT2D eigenvalue weighted by Gasteiger charge is -2.03. The van der Waals surface area contributed by atoms with Crippen molar-refractivity contribution in [1.82, 2.24) is 0 Å². The summed E-state index contributed by atoms with van der Waals surface area (Å²) in [5.74, 6) is 0. The van der Waals surface area contributed by atoms with Gasteiger partial charge < -0.3 is 9.84 Å². The van der Waals surface area contributed by atoms with Gasteiger partial charge in [0.1, 0.15) is 6.10 Å². The van der Waals surface area contributed by atoms with Gasteiger partial charge in [-0.3, -0.25) is 0 Å². The van der Waals surface area contributed by atoms with Crippen LogP contribution in [0.15, 0.2) is 0 Å². The van der Waals surface area contributed by atoms with Crippen LogP contribution in [0.3, 0.4) is 0 Å². The summed E-state index contributed by atoms with van der Waals surface area (Å²) in [6.07, 6.45) is 1.73. The van der Waals surface area contributed by atoms with Crippen LogP contribution in [0.1, 0.15) is 19.3 Å². The van der Waals surface area contributed by atoms with Crippen LogP contribution in [0, 0.1) is 0 Å². The molecule has 1 aliphatic carbocycles. The molecule has 9 heavy (non-hydrogen) atoms. The molecule has 1 radical (unpaired) electrons. The Morgan fingerprint density at radius 1 is 1.56 bits per heavy atom. The van der Waals surface area contributed by atoms with Crippen molar-refractivity contribution in [3.05, 3.63) is 0 Å². The maximum absolute atomic E-state index is 9.64. The Balaban J connectivity index is 2.21. The van der Waals surface area contributed by atoms with Crippen molar-refractivity contribution in [2.24, 2.45) is 0 Å². The fourth-order valence-corrected chi connectivity index (χ4v) is 1.09. The summed E-state index contributed by atoms with van der Waals surface area (Å²) < 4.78 is 4.51. The highest BCUT2D eigenvalue weighted by Crippen LogP contribution is 2.20. The molecule has 1 rings (SSSR count). The van der Waals surface area contributed by atoms with E-state index in [-0.39, 0.29) is 12.2 Å². The molecule has 0 spiro atoms. The molecule has 0 bridgehead atoms. The molecule has 0 aromatic rings. The molecule has 2 unspecified atom stereocenters. The summed E-state index contributed by atoms with van der Waals surface area (Å²) in [7, 11) is 0. The van der Waals surface area contributed by atoms with Gasteiger partial charge in [0.15, 0.2) is 0 Å². The number of hydrogen-bond donors (Lipinski definition) is 1. The standard InChI is InChI=1S/C6H9O3/c7-4-9-6-2-1-5(8)3-6/h5-6,8H,1-3H2. The molecule has 1 N–H and O–H groups in total. The summed E-state index contributed by atoms with van der Waals surface area (Å²) >= 11 is 0. The van der Waals surface area contributed by atoms with E-state index in [1.54, 1.807) is 0 Å². The number of aliphatic hydroxyl groups is 1. The Hall–Kier alpha value is -0.570. The van der Waals surface area contributed by atoms with Crippen molar-refractivity contribution in [3.63, 3.8) is 0 Å². The third kappa shape index (κ3) is 1.68. The van der Waals surface area contributed by atoms with Gasteiger partial charge in [0.25, 0.3) is 0 Å². The fourth-order valence-electron chi connectivity index (χ4n) is 1.09. The lowest BCUT2D eigenvalue weighted by molar-refractivity contribution is 0.140. The number of aliphatic hydroxyl groups excluding tert-OH is 1. The molecule has 3 nitrogen and oxygen atoms in total. The Kier molecular flexibility index (Phi) is 2.05. The molecule has 51 valence electrons. The van der Waals surface area contributed by atoms with E-state index < -0.39 is 0 Å². The number of hydrogen-bond acceptors (Lipinski definition) is 3. The van der Waals surface area contributed by atoms with Crippen molar-refractivity contribution in [2.75, 3.05) is 0 Å². The second-order valence-corrected chi connectivity index (χ2v) is 2.29. The van der Waals surface area contributed by atoms with Crippen LogP contribution in [0.5, 0.6) is 0 Å². The zero-order valence-corrected chi connectivity index (χ0v) is 5.04. The normalized spacial score (nSPS) is 34.3. The van der Waals surface area contributed by atoms with Gasteiger partial charge >= 0.3 is 6.47 Å². The molecule has 0 saturated heterocycles.